The molecule has 1 aliphatic heterocycles. The van der Waals surface area contributed by atoms with E-state index in [1.165, 1.54) is 0 Å². The van der Waals surface area contributed by atoms with Crippen molar-refractivity contribution < 1.29 is 0 Å². The van der Waals surface area contributed by atoms with Crippen LogP contribution in [0, 0.1) is 0 Å². The van der Waals surface area contributed by atoms with Gasteiger partial charge in [-0.3, -0.25) is 0 Å². The van der Waals surface area contributed by atoms with Crippen molar-refractivity contribution in [2.45, 2.75) is 12.5 Å². The highest BCUT2D eigenvalue weighted by Gasteiger charge is 2.16. The Kier molecular flexibility index (Phi) is 1.35. The third kappa shape index (κ3) is 0.881. The monoisotopic (exact) mass is 139 g/mol. The Bertz CT molecular complexity index is 188. The first-order valence-corrected chi connectivity index (χ1v) is 3.40. The molecule has 5 nitrogen and oxygen atoms in total. The SMILES string of the molecule is c1nnnn1[C@@H]1CCNC1. The molecule has 0 saturated carbocycles. The van der Waals surface area contributed by atoms with Gasteiger partial charge in [-0.15, -0.1) is 5.10 Å². The summed E-state index contributed by atoms with van der Waals surface area (Å²) < 4.78 is 1.81. The maximum Gasteiger partial charge on any atom is 0.138 e. The summed E-state index contributed by atoms with van der Waals surface area (Å²) in [4.78, 5) is 0. The van der Waals surface area contributed by atoms with E-state index in [2.05, 4.69) is 20.8 Å². The van der Waals surface area contributed by atoms with Crippen LogP contribution in [-0.2, 0) is 0 Å². The van der Waals surface area contributed by atoms with Gasteiger partial charge in [-0.1, -0.05) is 0 Å². The molecule has 54 valence electrons. The number of rotatable bonds is 1. The van der Waals surface area contributed by atoms with Crippen molar-refractivity contribution in [3.05, 3.63) is 6.33 Å². The van der Waals surface area contributed by atoms with Gasteiger partial charge in [-0.2, -0.15) is 0 Å². The van der Waals surface area contributed by atoms with E-state index in [-0.39, 0.29) is 0 Å². The third-order valence-corrected chi connectivity index (χ3v) is 1.77. The highest BCUT2D eigenvalue weighted by molar-refractivity contribution is 4.75. The Morgan fingerprint density at radius 2 is 2.60 bits per heavy atom. The molecule has 1 aromatic heterocycles. The summed E-state index contributed by atoms with van der Waals surface area (Å²) in [5.74, 6) is 0. The summed E-state index contributed by atoms with van der Waals surface area (Å²) in [6, 6.07) is 0.468. The van der Waals surface area contributed by atoms with Gasteiger partial charge in [0.1, 0.15) is 6.33 Å². The van der Waals surface area contributed by atoms with E-state index in [1.54, 1.807) is 11.0 Å². The maximum absolute atomic E-state index is 3.81. The van der Waals surface area contributed by atoms with Gasteiger partial charge in [-0.25, -0.2) is 4.68 Å². The van der Waals surface area contributed by atoms with Crippen LogP contribution < -0.4 is 5.32 Å². The number of tetrazole rings is 1. The van der Waals surface area contributed by atoms with Crippen molar-refractivity contribution in [1.29, 1.82) is 0 Å². The molecule has 1 N–H and O–H groups in total. The first kappa shape index (κ1) is 5.79. The zero-order valence-electron chi connectivity index (χ0n) is 5.56. The molecule has 0 amide bonds. The molecule has 5 heteroatoms. The lowest BCUT2D eigenvalue weighted by Gasteiger charge is -2.04. The lowest BCUT2D eigenvalue weighted by Crippen LogP contribution is -2.13. The Labute approximate surface area is 58.4 Å². The first-order valence-electron chi connectivity index (χ1n) is 3.40. The predicted octanol–water partition coefficient (Wildman–Crippen LogP) is -0.793. The molecule has 0 spiro atoms. The minimum absolute atomic E-state index is 0.468. The number of hydrogen-bond donors (Lipinski definition) is 1. The summed E-state index contributed by atoms with van der Waals surface area (Å²) >= 11 is 0. The molecule has 2 rings (SSSR count). The molecular formula is C5H9N5. The van der Waals surface area contributed by atoms with Gasteiger partial charge >= 0.3 is 0 Å². The maximum atomic E-state index is 3.81. The molecule has 1 fully saturated rings. The largest absolute Gasteiger partial charge is 0.315 e. The van der Waals surface area contributed by atoms with Crippen LogP contribution in [-0.4, -0.2) is 33.3 Å². The summed E-state index contributed by atoms with van der Waals surface area (Å²) in [5.41, 5.74) is 0. The molecule has 0 aromatic carbocycles. The van der Waals surface area contributed by atoms with E-state index in [9.17, 15) is 0 Å². The summed E-state index contributed by atoms with van der Waals surface area (Å²) in [5, 5.41) is 14.2. The molecule has 0 aliphatic carbocycles. The van der Waals surface area contributed by atoms with E-state index >= 15 is 0 Å². The normalized spacial score (nSPS) is 25.4. The molecule has 1 atom stereocenters. The number of hydrogen-bond acceptors (Lipinski definition) is 4. The number of nitrogens with zero attached hydrogens (tertiary/aromatic N) is 4. The lowest BCUT2D eigenvalue weighted by molar-refractivity contribution is 0.476. The minimum Gasteiger partial charge on any atom is -0.315 e. The fourth-order valence-corrected chi connectivity index (χ4v) is 1.20. The van der Waals surface area contributed by atoms with Gasteiger partial charge in [0.2, 0.25) is 0 Å². The van der Waals surface area contributed by atoms with Crippen molar-refractivity contribution >= 4 is 0 Å². The zero-order chi connectivity index (χ0) is 6.81. The van der Waals surface area contributed by atoms with Crippen LogP contribution in [0.1, 0.15) is 12.5 Å². The van der Waals surface area contributed by atoms with Crippen molar-refractivity contribution in [2.75, 3.05) is 13.1 Å². The average molecular weight is 139 g/mol. The van der Waals surface area contributed by atoms with Crippen LogP contribution >= 0.6 is 0 Å². The van der Waals surface area contributed by atoms with Gasteiger partial charge in [0.05, 0.1) is 6.04 Å². The molecular weight excluding hydrogens is 130 g/mol. The van der Waals surface area contributed by atoms with Gasteiger partial charge in [0, 0.05) is 6.54 Å². The third-order valence-electron chi connectivity index (χ3n) is 1.77. The van der Waals surface area contributed by atoms with Crippen LogP contribution in [0.4, 0.5) is 0 Å². The zero-order valence-corrected chi connectivity index (χ0v) is 5.56. The fourth-order valence-electron chi connectivity index (χ4n) is 1.20. The summed E-state index contributed by atoms with van der Waals surface area (Å²) in [6.07, 6.45) is 2.79. The quantitative estimate of drug-likeness (QED) is 0.554. The molecule has 2 heterocycles. The van der Waals surface area contributed by atoms with Gasteiger partial charge in [-0.05, 0) is 23.4 Å². The van der Waals surface area contributed by atoms with Crippen molar-refractivity contribution in [1.82, 2.24) is 25.5 Å². The molecule has 1 aromatic rings. The number of aromatic nitrogens is 4. The van der Waals surface area contributed by atoms with E-state index in [1.807, 2.05) is 0 Å². The predicted molar refractivity (Wildman–Crippen MR) is 34.3 cm³/mol. The second kappa shape index (κ2) is 2.34. The van der Waals surface area contributed by atoms with Crippen LogP contribution in [0.25, 0.3) is 0 Å². The van der Waals surface area contributed by atoms with E-state index < -0.39 is 0 Å². The second-order valence-corrected chi connectivity index (χ2v) is 2.44. The fraction of sp³-hybridized carbons (Fsp3) is 0.800. The smallest absolute Gasteiger partial charge is 0.138 e. The molecule has 1 aliphatic rings. The Hall–Kier alpha value is -0.970. The van der Waals surface area contributed by atoms with Crippen molar-refractivity contribution in [2.24, 2.45) is 0 Å². The first-order chi connectivity index (χ1) is 4.97. The topological polar surface area (TPSA) is 55.6 Å². The van der Waals surface area contributed by atoms with Crippen LogP contribution in [0.5, 0.6) is 0 Å². The van der Waals surface area contributed by atoms with Crippen molar-refractivity contribution in [3.63, 3.8) is 0 Å². The Morgan fingerprint density at radius 3 is 3.20 bits per heavy atom. The van der Waals surface area contributed by atoms with Gasteiger partial charge < -0.3 is 5.32 Å². The van der Waals surface area contributed by atoms with Crippen LogP contribution in [0.2, 0.25) is 0 Å². The molecule has 0 unspecified atom stereocenters. The lowest BCUT2D eigenvalue weighted by atomic mass is 10.3. The van der Waals surface area contributed by atoms with E-state index in [0.29, 0.717) is 6.04 Å². The highest BCUT2D eigenvalue weighted by atomic mass is 15.5. The molecule has 1 saturated heterocycles. The van der Waals surface area contributed by atoms with Crippen molar-refractivity contribution in [3.8, 4) is 0 Å². The van der Waals surface area contributed by atoms with Gasteiger partial charge in [0.15, 0.2) is 0 Å². The number of nitrogens with one attached hydrogen (secondary N) is 1. The van der Waals surface area contributed by atoms with E-state index in [0.717, 1.165) is 19.5 Å². The standard InChI is InChI=1S/C5H9N5/c1-2-6-3-5(1)10-4-7-8-9-10/h4-6H,1-3H2/t5-/m1/s1. The van der Waals surface area contributed by atoms with Crippen LogP contribution in [0.15, 0.2) is 6.33 Å². The second-order valence-electron chi connectivity index (χ2n) is 2.44. The van der Waals surface area contributed by atoms with Gasteiger partial charge in [0.25, 0.3) is 0 Å². The molecule has 0 radical (unpaired) electrons. The average Bonchev–Trinajstić information content (AvgIpc) is 2.59. The highest BCUT2D eigenvalue weighted by Crippen LogP contribution is 2.10. The van der Waals surface area contributed by atoms with E-state index in [4.69, 9.17) is 0 Å². The molecule has 10 heavy (non-hydrogen) atoms. The van der Waals surface area contributed by atoms with Crippen LogP contribution in [0.3, 0.4) is 0 Å². The minimum atomic E-state index is 0.468. The summed E-state index contributed by atoms with van der Waals surface area (Å²) in [6.45, 7) is 2.07. The molecule has 0 bridgehead atoms. The Balaban J connectivity index is 2.12. The Morgan fingerprint density at radius 1 is 1.60 bits per heavy atom. The summed E-state index contributed by atoms with van der Waals surface area (Å²) in [7, 11) is 0.